The molecule has 1 amide bonds. The number of methoxy groups -OCH3 is 3. The molecule has 27 heavy (non-hydrogen) atoms. The molecule has 6 nitrogen and oxygen atoms in total. The van der Waals surface area contributed by atoms with E-state index in [9.17, 15) is 4.79 Å². The maximum absolute atomic E-state index is 13.0. The third-order valence-corrected chi connectivity index (χ3v) is 4.98. The Kier molecular flexibility index (Phi) is 5.61. The van der Waals surface area contributed by atoms with Gasteiger partial charge in [0.25, 0.3) is 5.91 Å². The minimum atomic E-state index is -0.219. The first kappa shape index (κ1) is 18.7. The molecule has 3 aromatic rings. The lowest BCUT2D eigenvalue weighted by molar-refractivity contribution is 0.0992. The zero-order valence-electron chi connectivity index (χ0n) is 15.6. The van der Waals surface area contributed by atoms with Gasteiger partial charge in [-0.05, 0) is 12.1 Å². The predicted molar refractivity (Wildman–Crippen MR) is 106 cm³/mol. The van der Waals surface area contributed by atoms with E-state index < -0.39 is 0 Å². The van der Waals surface area contributed by atoms with Crippen LogP contribution in [0.5, 0.6) is 17.2 Å². The van der Waals surface area contributed by atoms with Gasteiger partial charge in [-0.25, -0.2) is 4.98 Å². The van der Waals surface area contributed by atoms with Crippen molar-refractivity contribution in [1.29, 1.82) is 0 Å². The maximum Gasteiger partial charge on any atom is 0.260 e. The molecule has 0 N–H and O–H groups in total. The van der Waals surface area contributed by atoms with Crippen molar-refractivity contribution in [3.63, 3.8) is 0 Å². The third kappa shape index (κ3) is 3.73. The Morgan fingerprint density at radius 2 is 1.63 bits per heavy atom. The minimum Gasteiger partial charge on any atom is -0.493 e. The van der Waals surface area contributed by atoms with Crippen LogP contribution in [0.15, 0.2) is 47.8 Å². The van der Waals surface area contributed by atoms with Gasteiger partial charge in [-0.15, -0.1) is 11.3 Å². The van der Waals surface area contributed by atoms with Crippen molar-refractivity contribution in [1.82, 2.24) is 4.98 Å². The van der Waals surface area contributed by atoms with E-state index in [2.05, 4.69) is 4.98 Å². The predicted octanol–water partition coefficient (Wildman–Crippen LogP) is 4.11. The summed E-state index contributed by atoms with van der Waals surface area (Å²) in [6.45, 7) is 0. The van der Waals surface area contributed by atoms with Crippen LogP contribution in [0.3, 0.4) is 0 Å². The van der Waals surface area contributed by atoms with Gasteiger partial charge in [0.05, 0.1) is 27.0 Å². The lowest BCUT2D eigenvalue weighted by Gasteiger charge is -2.17. The molecule has 0 fully saturated rings. The van der Waals surface area contributed by atoms with Crippen LogP contribution in [0.25, 0.3) is 11.3 Å². The van der Waals surface area contributed by atoms with Gasteiger partial charge in [0.1, 0.15) is 0 Å². The summed E-state index contributed by atoms with van der Waals surface area (Å²) < 4.78 is 16.0. The van der Waals surface area contributed by atoms with Gasteiger partial charge in [-0.3, -0.25) is 9.69 Å². The van der Waals surface area contributed by atoms with E-state index >= 15 is 0 Å². The zero-order chi connectivity index (χ0) is 19.4. The SMILES string of the molecule is COc1cc(C(=O)N(C)c2nc(-c3ccccc3)cs2)cc(OC)c1OC. The molecule has 0 unspecified atom stereocenters. The molecule has 7 heteroatoms. The number of carbonyl (C=O) groups excluding carboxylic acids is 1. The van der Waals surface area contributed by atoms with Gasteiger partial charge in [0.15, 0.2) is 16.6 Å². The van der Waals surface area contributed by atoms with Gasteiger partial charge >= 0.3 is 0 Å². The molecular weight excluding hydrogens is 364 g/mol. The van der Waals surface area contributed by atoms with Crippen LogP contribution < -0.4 is 19.1 Å². The number of thiazole rings is 1. The summed E-state index contributed by atoms with van der Waals surface area (Å²) >= 11 is 1.41. The summed E-state index contributed by atoms with van der Waals surface area (Å²) in [6.07, 6.45) is 0. The topological polar surface area (TPSA) is 60.9 Å². The van der Waals surface area contributed by atoms with Crippen molar-refractivity contribution >= 4 is 22.4 Å². The van der Waals surface area contributed by atoms with Gasteiger partial charge in [0, 0.05) is 23.6 Å². The minimum absolute atomic E-state index is 0.219. The van der Waals surface area contributed by atoms with Crippen LogP contribution in [-0.2, 0) is 0 Å². The number of anilines is 1. The summed E-state index contributed by atoms with van der Waals surface area (Å²) in [6, 6.07) is 13.1. The first-order valence-corrected chi connectivity index (χ1v) is 9.06. The van der Waals surface area contributed by atoms with E-state index in [0.717, 1.165) is 11.3 Å². The molecule has 2 aromatic carbocycles. The van der Waals surface area contributed by atoms with E-state index in [-0.39, 0.29) is 5.91 Å². The Labute approximate surface area is 161 Å². The number of amides is 1. The molecular formula is C20H20N2O4S. The summed E-state index contributed by atoms with van der Waals surface area (Å²) in [5.41, 5.74) is 2.26. The number of nitrogens with zero attached hydrogens (tertiary/aromatic N) is 2. The van der Waals surface area contributed by atoms with E-state index in [1.54, 1.807) is 19.2 Å². The van der Waals surface area contributed by atoms with Crippen LogP contribution in [0.2, 0.25) is 0 Å². The number of hydrogen-bond acceptors (Lipinski definition) is 6. The summed E-state index contributed by atoms with van der Waals surface area (Å²) in [5.74, 6) is 1.08. The van der Waals surface area contributed by atoms with Gasteiger partial charge < -0.3 is 14.2 Å². The molecule has 0 aliphatic heterocycles. The number of aromatic nitrogens is 1. The second-order valence-electron chi connectivity index (χ2n) is 5.66. The highest BCUT2D eigenvalue weighted by molar-refractivity contribution is 7.14. The summed E-state index contributed by atoms with van der Waals surface area (Å²) in [4.78, 5) is 19.1. The molecule has 0 aliphatic carbocycles. The second-order valence-corrected chi connectivity index (χ2v) is 6.50. The average molecular weight is 384 g/mol. The zero-order valence-corrected chi connectivity index (χ0v) is 16.4. The van der Waals surface area contributed by atoms with Crippen LogP contribution in [0.4, 0.5) is 5.13 Å². The van der Waals surface area contributed by atoms with E-state index in [1.807, 2.05) is 35.7 Å². The molecule has 140 valence electrons. The van der Waals surface area contributed by atoms with Crippen LogP contribution in [0.1, 0.15) is 10.4 Å². The molecule has 0 aliphatic rings. The Morgan fingerprint density at radius 1 is 1.00 bits per heavy atom. The van der Waals surface area contributed by atoms with Crippen molar-refractivity contribution in [2.45, 2.75) is 0 Å². The summed E-state index contributed by atoms with van der Waals surface area (Å²) in [7, 11) is 6.25. The molecule has 3 rings (SSSR count). The Balaban J connectivity index is 1.91. The third-order valence-electron chi connectivity index (χ3n) is 4.06. The fourth-order valence-corrected chi connectivity index (χ4v) is 3.44. The smallest absolute Gasteiger partial charge is 0.260 e. The Hall–Kier alpha value is -3.06. The van der Waals surface area contributed by atoms with E-state index in [0.29, 0.717) is 27.9 Å². The number of ether oxygens (including phenoxy) is 3. The van der Waals surface area contributed by atoms with E-state index in [1.165, 1.54) is 37.6 Å². The molecule has 0 bridgehead atoms. The quantitative estimate of drug-likeness (QED) is 0.640. The number of hydrogen-bond donors (Lipinski definition) is 0. The lowest BCUT2D eigenvalue weighted by atomic mass is 10.1. The molecule has 0 saturated heterocycles. The van der Waals surface area contributed by atoms with Gasteiger partial charge in [-0.1, -0.05) is 30.3 Å². The molecule has 1 heterocycles. The van der Waals surface area contributed by atoms with Crippen molar-refractivity contribution in [2.24, 2.45) is 0 Å². The first-order valence-electron chi connectivity index (χ1n) is 8.18. The number of carbonyl (C=O) groups is 1. The standard InChI is InChI=1S/C20H20N2O4S/c1-22(20-21-15(12-27-20)13-8-6-5-7-9-13)19(23)14-10-16(24-2)18(26-4)17(11-14)25-3/h5-12H,1-4H3. The fourth-order valence-electron chi connectivity index (χ4n) is 2.64. The largest absolute Gasteiger partial charge is 0.493 e. The molecule has 0 spiro atoms. The lowest BCUT2D eigenvalue weighted by Crippen LogP contribution is -2.26. The Morgan fingerprint density at radius 3 is 2.19 bits per heavy atom. The second kappa shape index (κ2) is 8.09. The highest BCUT2D eigenvalue weighted by atomic mass is 32.1. The fraction of sp³-hybridized carbons (Fsp3) is 0.200. The van der Waals surface area contributed by atoms with Crippen LogP contribution in [-0.4, -0.2) is 39.3 Å². The first-order chi connectivity index (χ1) is 13.1. The normalized spacial score (nSPS) is 10.4. The number of rotatable bonds is 6. The van der Waals surface area contributed by atoms with Crippen molar-refractivity contribution in [3.05, 3.63) is 53.4 Å². The van der Waals surface area contributed by atoms with Crippen LogP contribution >= 0.6 is 11.3 Å². The van der Waals surface area contributed by atoms with E-state index in [4.69, 9.17) is 14.2 Å². The monoisotopic (exact) mass is 384 g/mol. The average Bonchev–Trinajstić information content (AvgIpc) is 3.22. The summed E-state index contributed by atoms with van der Waals surface area (Å²) in [5, 5.41) is 2.54. The molecule has 1 aromatic heterocycles. The Bertz CT molecular complexity index is 915. The van der Waals surface area contributed by atoms with Crippen molar-refractivity contribution in [2.75, 3.05) is 33.3 Å². The maximum atomic E-state index is 13.0. The molecule has 0 radical (unpaired) electrons. The van der Waals surface area contributed by atoms with Crippen molar-refractivity contribution < 1.29 is 19.0 Å². The highest BCUT2D eigenvalue weighted by Crippen LogP contribution is 2.39. The molecule has 0 atom stereocenters. The van der Waals surface area contributed by atoms with Gasteiger partial charge in [-0.2, -0.15) is 0 Å². The van der Waals surface area contributed by atoms with Crippen LogP contribution in [0, 0.1) is 0 Å². The van der Waals surface area contributed by atoms with Gasteiger partial charge in [0.2, 0.25) is 5.75 Å². The molecule has 0 saturated carbocycles. The van der Waals surface area contributed by atoms with Crippen molar-refractivity contribution in [3.8, 4) is 28.5 Å². The number of benzene rings is 2. The highest BCUT2D eigenvalue weighted by Gasteiger charge is 2.21.